The Labute approximate surface area is 105 Å². The number of carboxylic acids is 1. The van der Waals surface area contributed by atoms with Crippen LogP contribution in [0.3, 0.4) is 0 Å². The second-order valence-electron chi connectivity index (χ2n) is 4.37. The number of benzene rings is 1. The molecule has 1 aliphatic heterocycles. The summed E-state index contributed by atoms with van der Waals surface area (Å²) in [6.07, 6.45) is 1.95. The zero-order valence-electron chi connectivity index (χ0n) is 10.2. The SMILES string of the molecule is COc1ccc(F)cc1C(C(=O)O)N1CCCC1. The molecule has 0 aromatic heterocycles. The molecule has 0 saturated carbocycles. The highest BCUT2D eigenvalue weighted by Crippen LogP contribution is 2.32. The maximum absolute atomic E-state index is 13.3. The van der Waals surface area contributed by atoms with E-state index in [-0.39, 0.29) is 0 Å². The number of methoxy groups -OCH3 is 1. The van der Waals surface area contributed by atoms with Crippen molar-refractivity contribution in [3.63, 3.8) is 0 Å². The standard InChI is InChI=1S/C13H16FNO3/c1-18-11-5-4-9(14)8-10(11)12(13(16)17)15-6-2-3-7-15/h4-5,8,12H,2-3,6-7H2,1H3,(H,16,17). The zero-order chi connectivity index (χ0) is 13.1. The second-order valence-corrected chi connectivity index (χ2v) is 4.37. The number of hydrogen-bond acceptors (Lipinski definition) is 3. The van der Waals surface area contributed by atoms with Crippen molar-refractivity contribution >= 4 is 5.97 Å². The molecule has 5 heteroatoms. The lowest BCUT2D eigenvalue weighted by atomic mass is 10.0. The monoisotopic (exact) mass is 253 g/mol. The van der Waals surface area contributed by atoms with E-state index in [0.717, 1.165) is 25.9 Å². The number of carboxylic acid groups (broad SMARTS) is 1. The maximum atomic E-state index is 13.3. The van der Waals surface area contributed by atoms with Gasteiger partial charge >= 0.3 is 5.97 Å². The van der Waals surface area contributed by atoms with Crippen LogP contribution in [-0.2, 0) is 4.79 Å². The summed E-state index contributed by atoms with van der Waals surface area (Å²) in [6, 6.07) is 3.15. The molecule has 1 aromatic carbocycles. The molecule has 0 bridgehead atoms. The summed E-state index contributed by atoms with van der Waals surface area (Å²) in [4.78, 5) is 13.3. The van der Waals surface area contributed by atoms with Crippen LogP contribution in [0.15, 0.2) is 18.2 Å². The Kier molecular flexibility index (Phi) is 3.81. The minimum absolute atomic E-state index is 0.381. The molecule has 0 spiro atoms. The highest BCUT2D eigenvalue weighted by Gasteiger charge is 2.31. The Bertz CT molecular complexity index is 444. The molecule has 98 valence electrons. The van der Waals surface area contributed by atoms with Gasteiger partial charge in [0, 0.05) is 5.56 Å². The number of carbonyl (C=O) groups is 1. The maximum Gasteiger partial charge on any atom is 0.325 e. The fraction of sp³-hybridized carbons (Fsp3) is 0.462. The van der Waals surface area contributed by atoms with Gasteiger partial charge in [-0.2, -0.15) is 0 Å². The molecule has 1 atom stereocenters. The molecule has 1 unspecified atom stereocenters. The van der Waals surface area contributed by atoms with Gasteiger partial charge in [-0.1, -0.05) is 0 Å². The molecule has 2 rings (SSSR count). The Morgan fingerprint density at radius 3 is 2.67 bits per heavy atom. The van der Waals surface area contributed by atoms with Gasteiger partial charge in [-0.05, 0) is 44.1 Å². The summed E-state index contributed by atoms with van der Waals surface area (Å²) in [5.41, 5.74) is 0.381. The van der Waals surface area contributed by atoms with Gasteiger partial charge in [0.2, 0.25) is 0 Å². The molecule has 1 aromatic rings. The van der Waals surface area contributed by atoms with Gasteiger partial charge in [-0.3, -0.25) is 9.69 Å². The van der Waals surface area contributed by atoms with Gasteiger partial charge in [0.25, 0.3) is 0 Å². The number of hydrogen-bond donors (Lipinski definition) is 1. The minimum atomic E-state index is -0.971. The molecular formula is C13H16FNO3. The number of ether oxygens (including phenoxy) is 1. The molecule has 1 heterocycles. The molecule has 1 aliphatic rings. The lowest BCUT2D eigenvalue weighted by molar-refractivity contribution is -0.143. The molecule has 0 amide bonds. The molecule has 1 fully saturated rings. The van der Waals surface area contributed by atoms with Gasteiger partial charge in [0.05, 0.1) is 7.11 Å². The van der Waals surface area contributed by atoms with Crippen molar-refractivity contribution in [2.24, 2.45) is 0 Å². The highest BCUT2D eigenvalue weighted by molar-refractivity contribution is 5.76. The van der Waals surface area contributed by atoms with Crippen LogP contribution in [0.5, 0.6) is 5.75 Å². The average molecular weight is 253 g/mol. The third kappa shape index (κ3) is 2.46. The van der Waals surface area contributed by atoms with Gasteiger partial charge in [-0.25, -0.2) is 4.39 Å². The Balaban J connectivity index is 2.40. The largest absolute Gasteiger partial charge is 0.496 e. The average Bonchev–Trinajstić information content (AvgIpc) is 2.83. The molecule has 18 heavy (non-hydrogen) atoms. The van der Waals surface area contributed by atoms with Crippen LogP contribution >= 0.6 is 0 Å². The summed E-state index contributed by atoms with van der Waals surface area (Å²) < 4.78 is 18.5. The van der Waals surface area contributed by atoms with Crippen molar-refractivity contribution < 1.29 is 19.0 Å². The first-order chi connectivity index (χ1) is 8.63. The van der Waals surface area contributed by atoms with E-state index in [1.165, 1.54) is 25.3 Å². The zero-order valence-corrected chi connectivity index (χ0v) is 10.2. The summed E-state index contributed by atoms with van der Waals surface area (Å²) in [6.45, 7) is 1.44. The predicted molar refractivity (Wildman–Crippen MR) is 64.1 cm³/mol. The summed E-state index contributed by atoms with van der Waals surface area (Å²) in [7, 11) is 1.46. The first-order valence-electron chi connectivity index (χ1n) is 5.94. The van der Waals surface area contributed by atoms with E-state index < -0.39 is 17.8 Å². The van der Waals surface area contributed by atoms with Crippen molar-refractivity contribution in [1.82, 2.24) is 4.90 Å². The van der Waals surface area contributed by atoms with Crippen LogP contribution in [0.4, 0.5) is 4.39 Å². The number of aliphatic carboxylic acids is 1. The Morgan fingerprint density at radius 1 is 1.44 bits per heavy atom. The van der Waals surface area contributed by atoms with Crippen LogP contribution in [0.1, 0.15) is 24.4 Å². The lowest BCUT2D eigenvalue weighted by Gasteiger charge is -2.25. The number of halogens is 1. The Morgan fingerprint density at radius 2 is 2.11 bits per heavy atom. The molecular weight excluding hydrogens is 237 g/mol. The van der Waals surface area contributed by atoms with E-state index in [1.54, 1.807) is 0 Å². The van der Waals surface area contributed by atoms with E-state index in [9.17, 15) is 14.3 Å². The number of nitrogens with zero attached hydrogens (tertiary/aromatic N) is 1. The second kappa shape index (κ2) is 5.35. The number of rotatable bonds is 4. The smallest absolute Gasteiger partial charge is 0.325 e. The molecule has 0 radical (unpaired) electrons. The van der Waals surface area contributed by atoms with Gasteiger partial charge < -0.3 is 9.84 Å². The van der Waals surface area contributed by atoms with E-state index in [1.807, 2.05) is 4.90 Å². The predicted octanol–water partition coefficient (Wildman–Crippen LogP) is 2.06. The van der Waals surface area contributed by atoms with Crippen molar-refractivity contribution in [2.45, 2.75) is 18.9 Å². The summed E-state index contributed by atoms with van der Waals surface area (Å²) in [5.74, 6) is -1.01. The first-order valence-corrected chi connectivity index (χ1v) is 5.94. The molecule has 4 nitrogen and oxygen atoms in total. The normalized spacial score (nSPS) is 17.7. The Hall–Kier alpha value is -1.62. The van der Waals surface area contributed by atoms with Crippen LogP contribution in [-0.4, -0.2) is 36.2 Å². The van der Waals surface area contributed by atoms with Crippen LogP contribution in [0.2, 0.25) is 0 Å². The molecule has 1 N–H and O–H groups in total. The topological polar surface area (TPSA) is 49.8 Å². The third-order valence-corrected chi connectivity index (χ3v) is 3.23. The van der Waals surface area contributed by atoms with Crippen molar-refractivity contribution in [3.8, 4) is 5.75 Å². The fourth-order valence-corrected chi connectivity index (χ4v) is 2.40. The number of likely N-dealkylation sites (tertiary alicyclic amines) is 1. The van der Waals surface area contributed by atoms with Gasteiger partial charge in [0.1, 0.15) is 17.6 Å². The van der Waals surface area contributed by atoms with Crippen molar-refractivity contribution in [1.29, 1.82) is 0 Å². The summed E-state index contributed by atoms with van der Waals surface area (Å²) in [5, 5.41) is 9.38. The fourth-order valence-electron chi connectivity index (χ4n) is 2.40. The first kappa shape index (κ1) is 12.8. The van der Waals surface area contributed by atoms with Gasteiger partial charge in [0.15, 0.2) is 0 Å². The van der Waals surface area contributed by atoms with Crippen LogP contribution < -0.4 is 4.74 Å². The van der Waals surface area contributed by atoms with Crippen molar-refractivity contribution in [3.05, 3.63) is 29.6 Å². The molecule has 1 saturated heterocycles. The minimum Gasteiger partial charge on any atom is -0.496 e. The van der Waals surface area contributed by atoms with Crippen LogP contribution in [0.25, 0.3) is 0 Å². The van der Waals surface area contributed by atoms with Crippen LogP contribution in [0, 0.1) is 5.82 Å². The van der Waals surface area contributed by atoms with E-state index in [0.29, 0.717) is 11.3 Å². The van der Waals surface area contributed by atoms with Gasteiger partial charge in [-0.15, -0.1) is 0 Å². The van der Waals surface area contributed by atoms with Crippen molar-refractivity contribution in [2.75, 3.05) is 20.2 Å². The van der Waals surface area contributed by atoms with E-state index >= 15 is 0 Å². The lowest BCUT2D eigenvalue weighted by Crippen LogP contribution is -2.32. The highest BCUT2D eigenvalue weighted by atomic mass is 19.1. The van der Waals surface area contributed by atoms with E-state index in [4.69, 9.17) is 4.74 Å². The van der Waals surface area contributed by atoms with E-state index in [2.05, 4.69) is 0 Å². The quantitative estimate of drug-likeness (QED) is 0.892. The third-order valence-electron chi connectivity index (χ3n) is 3.23. The summed E-state index contributed by atoms with van der Waals surface area (Å²) >= 11 is 0. The molecule has 0 aliphatic carbocycles.